The molecule has 0 bridgehead atoms. The predicted molar refractivity (Wildman–Crippen MR) is 54.4 cm³/mol. The number of allylic oxidation sites excluding steroid dienone is 1. The minimum Gasteiger partial charge on any atom is -0.462 e. The SMILES string of the molecule is CCCCOC(=O)C(C)=CC[SiH3]. The summed E-state index contributed by atoms with van der Waals surface area (Å²) in [6.07, 6.45) is 3.97. The number of carbonyl (C=O) groups excluding carboxylic acids is 1. The standard InChI is InChI=1S/C9H18O2Si/c1-3-4-6-11-9(10)8(2)5-7-12/h5H,3-4,6-7H2,1-2,12H3. The highest BCUT2D eigenvalue weighted by Gasteiger charge is 2.02. The quantitative estimate of drug-likeness (QED) is 0.278. The van der Waals surface area contributed by atoms with Crippen molar-refractivity contribution >= 4 is 16.2 Å². The van der Waals surface area contributed by atoms with Gasteiger partial charge in [-0.15, -0.1) is 0 Å². The van der Waals surface area contributed by atoms with Crippen LogP contribution in [0.4, 0.5) is 0 Å². The minimum absolute atomic E-state index is 0.153. The topological polar surface area (TPSA) is 26.3 Å². The summed E-state index contributed by atoms with van der Waals surface area (Å²) < 4.78 is 5.00. The summed E-state index contributed by atoms with van der Waals surface area (Å²) in [6.45, 7) is 4.45. The van der Waals surface area contributed by atoms with Crippen LogP contribution in [0.2, 0.25) is 6.04 Å². The van der Waals surface area contributed by atoms with E-state index in [0.717, 1.165) is 34.7 Å². The normalized spacial score (nSPS) is 11.7. The number of hydrogen-bond donors (Lipinski definition) is 0. The largest absolute Gasteiger partial charge is 0.462 e. The zero-order chi connectivity index (χ0) is 9.40. The van der Waals surface area contributed by atoms with Gasteiger partial charge < -0.3 is 4.74 Å². The fraction of sp³-hybridized carbons (Fsp3) is 0.667. The molecule has 70 valence electrons. The van der Waals surface area contributed by atoms with Gasteiger partial charge in [0.15, 0.2) is 0 Å². The van der Waals surface area contributed by atoms with Gasteiger partial charge in [-0.25, -0.2) is 4.79 Å². The number of unbranched alkanes of at least 4 members (excludes halogenated alkanes) is 1. The van der Waals surface area contributed by atoms with Crippen LogP contribution < -0.4 is 0 Å². The number of ether oxygens (including phenoxy) is 1. The second-order valence-corrected chi connectivity index (χ2v) is 3.60. The fourth-order valence-electron chi connectivity index (χ4n) is 0.813. The van der Waals surface area contributed by atoms with Crippen molar-refractivity contribution in [3.8, 4) is 0 Å². The van der Waals surface area contributed by atoms with Crippen molar-refractivity contribution in [2.45, 2.75) is 32.7 Å². The van der Waals surface area contributed by atoms with Crippen LogP contribution >= 0.6 is 0 Å². The lowest BCUT2D eigenvalue weighted by atomic mass is 10.3. The van der Waals surface area contributed by atoms with Gasteiger partial charge in [0.05, 0.1) is 6.61 Å². The third-order valence-corrected chi connectivity index (χ3v) is 1.97. The van der Waals surface area contributed by atoms with Crippen LogP contribution in [0.5, 0.6) is 0 Å². The van der Waals surface area contributed by atoms with Gasteiger partial charge in [0.1, 0.15) is 0 Å². The average Bonchev–Trinajstić information content (AvgIpc) is 2.05. The summed E-state index contributed by atoms with van der Waals surface area (Å²) in [4.78, 5) is 11.1. The van der Waals surface area contributed by atoms with Crippen LogP contribution in [-0.4, -0.2) is 22.8 Å². The van der Waals surface area contributed by atoms with Crippen LogP contribution in [0.25, 0.3) is 0 Å². The van der Waals surface area contributed by atoms with E-state index in [1.165, 1.54) is 0 Å². The number of rotatable bonds is 5. The summed E-state index contributed by atoms with van der Waals surface area (Å²) in [6, 6.07) is 1.02. The van der Waals surface area contributed by atoms with Gasteiger partial charge in [0, 0.05) is 15.8 Å². The van der Waals surface area contributed by atoms with Crippen molar-refractivity contribution < 1.29 is 9.53 Å². The zero-order valence-electron chi connectivity index (χ0n) is 8.22. The average molecular weight is 186 g/mol. The predicted octanol–water partition coefficient (Wildman–Crippen LogP) is 1.06. The van der Waals surface area contributed by atoms with Crippen LogP contribution in [-0.2, 0) is 9.53 Å². The Morgan fingerprint density at radius 3 is 2.75 bits per heavy atom. The van der Waals surface area contributed by atoms with Gasteiger partial charge >= 0.3 is 5.97 Å². The van der Waals surface area contributed by atoms with E-state index in [9.17, 15) is 4.79 Å². The van der Waals surface area contributed by atoms with Crippen molar-refractivity contribution in [2.24, 2.45) is 0 Å². The highest BCUT2D eigenvalue weighted by Crippen LogP contribution is 1.99. The Bertz CT molecular complexity index is 164. The Balaban J connectivity index is 3.64. The van der Waals surface area contributed by atoms with Crippen molar-refractivity contribution in [3.63, 3.8) is 0 Å². The second kappa shape index (κ2) is 7.10. The molecule has 0 aromatic carbocycles. The molecular weight excluding hydrogens is 168 g/mol. The molecule has 2 nitrogen and oxygen atoms in total. The first-order chi connectivity index (χ1) is 5.72. The van der Waals surface area contributed by atoms with Crippen molar-refractivity contribution in [2.75, 3.05) is 6.61 Å². The molecule has 0 aromatic rings. The second-order valence-electron chi connectivity index (χ2n) is 2.78. The summed E-state index contributed by atoms with van der Waals surface area (Å²) in [5, 5.41) is 0. The molecule has 0 aromatic heterocycles. The molecule has 0 aliphatic heterocycles. The Morgan fingerprint density at radius 1 is 1.58 bits per heavy atom. The van der Waals surface area contributed by atoms with Crippen molar-refractivity contribution in [1.29, 1.82) is 0 Å². The smallest absolute Gasteiger partial charge is 0.333 e. The molecule has 0 radical (unpaired) electrons. The van der Waals surface area contributed by atoms with Crippen LogP contribution in [0.3, 0.4) is 0 Å². The van der Waals surface area contributed by atoms with Gasteiger partial charge in [-0.1, -0.05) is 19.4 Å². The molecule has 0 saturated heterocycles. The van der Waals surface area contributed by atoms with E-state index in [-0.39, 0.29) is 5.97 Å². The van der Waals surface area contributed by atoms with E-state index >= 15 is 0 Å². The van der Waals surface area contributed by atoms with Crippen LogP contribution in [0, 0.1) is 0 Å². The molecule has 0 amide bonds. The zero-order valence-corrected chi connectivity index (χ0v) is 10.2. The lowest BCUT2D eigenvalue weighted by Crippen LogP contribution is -2.06. The lowest BCUT2D eigenvalue weighted by Gasteiger charge is -2.02. The molecule has 0 rings (SSSR count). The highest BCUT2D eigenvalue weighted by molar-refractivity contribution is 6.10. The highest BCUT2D eigenvalue weighted by atomic mass is 28.1. The van der Waals surface area contributed by atoms with Gasteiger partial charge in [-0.05, 0) is 19.4 Å². The molecule has 0 N–H and O–H groups in total. The van der Waals surface area contributed by atoms with Gasteiger partial charge in [0.2, 0.25) is 0 Å². The van der Waals surface area contributed by atoms with E-state index in [4.69, 9.17) is 4.74 Å². The first-order valence-corrected chi connectivity index (χ1v) is 5.97. The molecule has 0 fully saturated rings. The molecule has 0 spiro atoms. The summed E-state index contributed by atoms with van der Waals surface area (Å²) in [5.74, 6) is -0.153. The molecule has 12 heavy (non-hydrogen) atoms. The molecular formula is C9H18O2Si. The summed E-state index contributed by atoms with van der Waals surface area (Å²) in [5.41, 5.74) is 0.751. The number of hydrogen-bond acceptors (Lipinski definition) is 2. The Kier molecular flexibility index (Phi) is 6.76. The van der Waals surface area contributed by atoms with E-state index in [0.29, 0.717) is 6.61 Å². The molecule has 0 aliphatic rings. The Morgan fingerprint density at radius 2 is 2.25 bits per heavy atom. The first kappa shape index (κ1) is 11.4. The molecule has 3 heteroatoms. The summed E-state index contributed by atoms with van der Waals surface area (Å²) in [7, 11) is 1.10. The van der Waals surface area contributed by atoms with Gasteiger partial charge in [-0.2, -0.15) is 0 Å². The Hall–Kier alpha value is -0.573. The molecule has 0 unspecified atom stereocenters. The number of carbonyl (C=O) groups is 1. The van der Waals surface area contributed by atoms with E-state index in [1.54, 1.807) is 0 Å². The fourth-order valence-corrected chi connectivity index (χ4v) is 1.42. The third-order valence-electron chi connectivity index (χ3n) is 1.56. The van der Waals surface area contributed by atoms with E-state index < -0.39 is 0 Å². The Labute approximate surface area is 77.4 Å². The first-order valence-electron chi connectivity index (χ1n) is 4.56. The maximum atomic E-state index is 11.1. The summed E-state index contributed by atoms with van der Waals surface area (Å²) >= 11 is 0. The lowest BCUT2D eigenvalue weighted by molar-refractivity contribution is -0.139. The van der Waals surface area contributed by atoms with Crippen molar-refractivity contribution in [3.05, 3.63) is 11.6 Å². The van der Waals surface area contributed by atoms with E-state index in [2.05, 4.69) is 6.92 Å². The van der Waals surface area contributed by atoms with Gasteiger partial charge in [0.25, 0.3) is 0 Å². The third kappa shape index (κ3) is 5.13. The van der Waals surface area contributed by atoms with Crippen LogP contribution in [0.1, 0.15) is 26.7 Å². The monoisotopic (exact) mass is 186 g/mol. The molecule has 0 atom stereocenters. The van der Waals surface area contributed by atoms with Gasteiger partial charge in [-0.3, -0.25) is 0 Å². The maximum absolute atomic E-state index is 11.1. The molecule has 0 heterocycles. The molecule has 0 saturated carbocycles. The maximum Gasteiger partial charge on any atom is 0.333 e. The van der Waals surface area contributed by atoms with Crippen LogP contribution in [0.15, 0.2) is 11.6 Å². The number of esters is 1. The van der Waals surface area contributed by atoms with E-state index in [1.807, 2.05) is 13.0 Å². The van der Waals surface area contributed by atoms with Crippen molar-refractivity contribution in [1.82, 2.24) is 0 Å². The molecule has 0 aliphatic carbocycles. The minimum atomic E-state index is -0.153.